The Hall–Kier alpha value is -0.470. The van der Waals surface area contributed by atoms with Gasteiger partial charge in [-0.05, 0) is 5.92 Å². The number of aliphatic carboxylic acids is 1. The average Bonchev–Trinajstić information content (AvgIpc) is 2.50. The lowest BCUT2D eigenvalue weighted by molar-refractivity contribution is -0.137. The molecule has 116 valence electrons. The minimum atomic E-state index is -3.20. The number of hydrogen-bond acceptors (Lipinski definition) is 5. The van der Waals surface area contributed by atoms with Crippen LogP contribution in [0, 0.1) is 5.92 Å². The van der Waals surface area contributed by atoms with E-state index < -0.39 is 38.4 Å². The number of halogens is 1. The molecule has 1 rings (SSSR count). The van der Waals surface area contributed by atoms with Crippen molar-refractivity contribution in [2.75, 3.05) is 17.3 Å². The molecule has 3 unspecified atom stereocenters. The molecule has 1 fully saturated rings. The zero-order chi connectivity index (χ0) is 15.5. The molecule has 0 spiro atoms. The van der Waals surface area contributed by atoms with Crippen molar-refractivity contribution in [3.05, 3.63) is 0 Å². The maximum atomic E-state index is 11.7. The minimum absolute atomic E-state index is 0.0324. The van der Waals surface area contributed by atoms with Crippen LogP contribution in [0.3, 0.4) is 0 Å². The lowest BCUT2D eigenvalue weighted by atomic mass is 10.1. The van der Waals surface area contributed by atoms with Gasteiger partial charge in [-0.15, -0.1) is 23.4 Å². The number of carboxylic acid groups (broad SMARTS) is 1. The topological polar surface area (TPSA) is 101 Å². The standard InChI is InChI=1S/C11H18ClNO5S2/c1-6(2)10(11(15)16)19-3-9(14)13-8-5-20(17,18)4-7(8)12/h6-8,10H,3-5H2,1-2H3,(H,13,14)(H,15,16). The number of carboxylic acids is 1. The molecule has 3 atom stereocenters. The molecule has 1 amide bonds. The lowest BCUT2D eigenvalue weighted by Crippen LogP contribution is -2.42. The van der Waals surface area contributed by atoms with Gasteiger partial charge in [-0.25, -0.2) is 8.42 Å². The Balaban J connectivity index is 2.47. The van der Waals surface area contributed by atoms with Crippen molar-refractivity contribution in [1.29, 1.82) is 0 Å². The molecule has 6 nitrogen and oxygen atoms in total. The summed E-state index contributed by atoms with van der Waals surface area (Å²) in [5.41, 5.74) is 0. The number of carbonyl (C=O) groups is 2. The van der Waals surface area contributed by atoms with Crippen LogP contribution in [0.2, 0.25) is 0 Å². The zero-order valence-corrected chi connectivity index (χ0v) is 13.6. The van der Waals surface area contributed by atoms with Gasteiger partial charge in [-0.2, -0.15) is 0 Å². The number of rotatable bonds is 6. The molecule has 2 N–H and O–H groups in total. The molecule has 1 saturated heterocycles. The molecule has 1 aliphatic rings. The van der Waals surface area contributed by atoms with E-state index in [1.54, 1.807) is 13.8 Å². The molecule has 0 radical (unpaired) electrons. The van der Waals surface area contributed by atoms with Crippen molar-refractivity contribution in [3.63, 3.8) is 0 Å². The third-order valence-corrected chi connectivity index (χ3v) is 6.78. The van der Waals surface area contributed by atoms with Gasteiger partial charge in [0.15, 0.2) is 9.84 Å². The summed E-state index contributed by atoms with van der Waals surface area (Å²) in [6.07, 6.45) is 0. The predicted octanol–water partition coefficient (Wildman–Crippen LogP) is 0.349. The third kappa shape index (κ3) is 5.14. The van der Waals surface area contributed by atoms with Gasteiger partial charge in [0.2, 0.25) is 5.91 Å². The van der Waals surface area contributed by atoms with Gasteiger partial charge in [0.1, 0.15) is 5.25 Å². The molecule has 0 aliphatic carbocycles. The molecule has 0 aromatic heterocycles. The van der Waals surface area contributed by atoms with Crippen molar-refractivity contribution in [1.82, 2.24) is 5.32 Å². The number of sulfone groups is 1. The van der Waals surface area contributed by atoms with Gasteiger partial charge in [0.25, 0.3) is 0 Å². The number of alkyl halides is 1. The highest BCUT2D eigenvalue weighted by molar-refractivity contribution is 8.01. The molecule has 0 saturated carbocycles. The molecule has 20 heavy (non-hydrogen) atoms. The minimum Gasteiger partial charge on any atom is -0.480 e. The summed E-state index contributed by atoms with van der Waals surface area (Å²) in [7, 11) is -3.20. The quantitative estimate of drug-likeness (QED) is 0.675. The van der Waals surface area contributed by atoms with E-state index in [0.29, 0.717) is 0 Å². The number of nitrogens with one attached hydrogen (secondary N) is 1. The first kappa shape index (κ1) is 17.6. The Labute approximate surface area is 127 Å². The Morgan fingerprint density at radius 3 is 2.40 bits per heavy atom. The van der Waals surface area contributed by atoms with Crippen LogP contribution in [0.25, 0.3) is 0 Å². The van der Waals surface area contributed by atoms with E-state index in [1.165, 1.54) is 0 Å². The smallest absolute Gasteiger partial charge is 0.316 e. The SMILES string of the molecule is CC(C)C(SCC(=O)NC1CS(=O)(=O)CC1Cl)C(=O)O. The van der Waals surface area contributed by atoms with E-state index in [9.17, 15) is 18.0 Å². The summed E-state index contributed by atoms with van der Waals surface area (Å²) in [4.78, 5) is 22.7. The molecule has 0 bridgehead atoms. The number of amides is 1. The van der Waals surface area contributed by atoms with Crippen molar-refractivity contribution < 1.29 is 23.1 Å². The van der Waals surface area contributed by atoms with E-state index in [4.69, 9.17) is 16.7 Å². The first-order chi connectivity index (χ1) is 9.12. The van der Waals surface area contributed by atoms with Crippen LogP contribution in [0.4, 0.5) is 0 Å². The molecule has 9 heteroatoms. The largest absolute Gasteiger partial charge is 0.480 e. The first-order valence-corrected chi connectivity index (χ1v) is 9.41. The van der Waals surface area contributed by atoms with Crippen LogP contribution >= 0.6 is 23.4 Å². The van der Waals surface area contributed by atoms with Crippen molar-refractivity contribution in [3.8, 4) is 0 Å². The first-order valence-electron chi connectivity index (χ1n) is 6.10. The molecule has 1 aliphatic heterocycles. The van der Waals surface area contributed by atoms with E-state index in [1.807, 2.05) is 0 Å². The molecular formula is C11H18ClNO5S2. The highest BCUT2D eigenvalue weighted by atomic mass is 35.5. The lowest BCUT2D eigenvalue weighted by Gasteiger charge is -2.17. The Morgan fingerprint density at radius 2 is 2.00 bits per heavy atom. The molecule has 1 heterocycles. The Kier molecular flexibility index (Phi) is 6.15. The van der Waals surface area contributed by atoms with E-state index in [2.05, 4.69) is 5.32 Å². The summed E-state index contributed by atoms with van der Waals surface area (Å²) in [6, 6.07) is -0.600. The third-order valence-electron chi connectivity index (χ3n) is 2.87. The van der Waals surface area contributed by atoms with Gasteiger partial charge in [-0.3, -0.25) is 9.59 Å². The van der Waals surface area contributed by atoms with Crippen LogP contribution in [0.1, 0.15) is 13.8 Å². The van der Waals surface area contributed by atoms with Crippen LogP contribution in [0.5, 0.6) is 0 Å². The van der Waals surface area contributed by atoms with Crippen molar-refractivity contribution in [2.45, 2.75) is 30.5 Å². The fourth-order valence-electron chi connectivity index (χ4n) is 1.90. The fraction of sp³-hybridized carbons (Fsp3) is 0.818. The van der Waals surface area contributed by atoms with Gasteiger partial charge in [0, 0.05) is 0 Å². The zero-order valence-electron chi connectivity index (χ0n) is 11.2. The normalized spacial score (nSPS) is 26.4. The van der Waals surface area contributed by atoms with Crippen molar-refractivity contribution >= 4 is 45.1 Å². The van der Waals surface area contributed by atoms with Gasteiger partial charge in [-0.1, -0.05) is 13.8 Å². The fourth-order valence-corrected chi connectivity index (χ4v) is 5.39. The van der Waals surface area contributed by atoms with Crippen LogP contribution in [0.15, 0.2) is 0 Å². The molecule has 0 aromatic carbocycles. The summed E-state index contributed by atoms with van der Waals surface area (Å²) >= 11 is 6.90. The van der Waals surface area contributed by atoms with Crippen molar-refractivity contribution in [2.24, 2.45) is 5.92 Å². The van der Waals surface area contributed by atoms with Gasteiger partial charge < -0.3 is 10.4 Å². The summed E-state index contributed by atoms with van der Waals surface area (Å²) in [5, 5.41) is 10.3. The molecule has 0 aromatic rings. The monoisotopic (exact) mass is 343 g/mol. The number of thioether (sulfide) groups is 1. The van der Waals surface area contributed by atoms with Gasteiger partial charge in [0.05, 0.1) is 28.7 Å². The van der Waals surface area contributed by atoms with Crippen LogP contribution in [-0.4, -0.2) is 59.3 Å². The highest BCUT2D eigenvalue weighted by Gasteiger charge is 2.37. The van der Waals surface area contributed by atoms with Crippen LogP contribution < -0.4 is 5.32 Å². The maximum absolute atomic E-state index is 11.7. The predicted molar refractivity (Wildman–Crippen MR) is 78.9 cm³/mol. The second-order valence-corrected chi connectivity index (χ2v) is 8.93. The Bertz CT molecular complexity index is 479. The highest BCUT2D eigenvalue weighted by Crippen LogP contribution is 2.21. The summed E-state index contributed by atoms with van der Waals surface area (Å²) < 4.78 is 22.7. The number of hydrogen-bond donors (Lipinski definition) is 2. The maximum Gasteiger partial charge on any atom is 0.316 e. The van der Waals surface area contributed by atoms with Crippen LogP contribution in [-0.2, 0) is 19.4 Å². The summed E-state index contributed by atoms with van der Waals surface area (Å²) in [6.45, 7) is 3.53. The number of carbonyl (C=O) groups excluding carboxylic acids is 1. The molecular weight excluding hydrogens is 326 g/mol. The van der Waals surface area contributed by atoms with E-state index >= 15 is 0 Å². The van der Waals surface area contributed by atoms with Gasteiger partial charge >= 0.3 is 5.97 Å². The van der Waals surface area contributed by atoms with E-state index in [-0.39, 0.29) is 23.2 Å². The van der Waals surface area contributed by atoms with E-state index in [0.717, 1.165) is 11.8 Å². The average molecular weight is 344 g/mol. The summed E-state index contributed by atoms with van der Waals surface area (Å²) in [5.74, 6) is -1.79. The second-order valence-electron chi connectivity index (χ2n) is 5.08. The Morgan fingerprint density at radius 1 is 1.40 bits per heavy atom. The second kappa shape index (κ2) is 7.00.